The molecule has 5 nitrogen and oxygen atoms in total. The summed E-state index contributed by atoms with van der Waals surface area (Å²) in [6, 6.07) is 11.1. The lowest BCUT2D eigenvalue weighted by Crippen LogP contribution is -2.35. The molecule has 0 spiro atoms. The van der Waals surface area contributed by atoms with Crippen molar-refractivity contribution in [1.29, 1.82) is 0 Å². The SMILES string of the molecule is CNC(CCN1CCn2cnnc2C1)c1ccccc1. The summed E-state index contributed by atoms with van der Waals surface area (Å²) in [6.45, 7) is 4.06. The summed E-state index contributed by atoms with van der Waals surface area (Å²) in [5.74, 6) is 1.08. The van der Waals surface area contributed by atoms with E-state index in [1.54, 1.807) is 0 Å². The van der Waals surface area contributed by atoms with Crippen LogP contribution in [0.1, 0.15) is 23.9 Å². The Bertz CT molecular complexity index is 536. The van der Waals surface area contributed by atoms with E-state index in [2.05, 4.69) is 55.3 Å². The fraction of sp³-hybridized carbons (Fsp3) is 0.467. The molecule has 0 bridgehead atoms. The van der Waals surface area contributed by atoms with E-state index in [-0.39, 0.29) is 0 Å². The van der Waals surface area contributed by atoms with Crippen molar-refractivity contribution in [2.24, 2.45) is 0 Å². The van der Waals surface area contributed by atoms with Crippen molar-refractivity contribution in [3.8, 4) is 0 Å². The predicted octanol–water partition coefficient (Wildman–Crippen LogP) is 1.44. The molecular formula is C15H21N5. The van der Waals surface area contributed by atoms with E-state index in [1.165, 1.54) is 5.56 Å². The third-order valence-electron chi connectivity index (χ3n) is 4.00. The van der Waals surface area contributed by atoms with E-state index in [1.807, 2.05) is 13.4 Å². The second-order valence-corrected chi connectivity index (χ2v) is 5.26. The van der Waals surface area contributed by atoms with Crippen LogP contribution in [-0.4, -0.2) is 39.8 Å². The number of aromatic nitrogens is 3. The average Bonchev–Trinajstić information content (AvgIpc) is 2.96. The van der Waals surface area contributed by atoms with Crippen LogP contribution in [0.4, 0.5) is 0 Å². The third kappa shape index (κ3) is 2.89. The normalized spacial score (nSPS) is 16.9. The van der Waals surface area contributed by atoms with Crippen molar-refractivity contribution in [3.05, 3.63) is 48.0 Å². The molecule has 2 aromatic rings. The molecule has 1 atom stereocenters. The first-order chi connectivity index (χ1) is 9.86. The molecule has 106 valence electrons. The van der Waals surface area contributed by atoms with Crippen LogP contribution in [0.2, 0.25) is 0 Å². The molecule has 20 heavy (non-hydrogen) atoms. The Kier molecular flexibility index (Phi) is 4.08. The van der Waals surface area contributed by atoms with E-state index in [4.69, 9.17) is 0 Å². The van der Waals surface area contributed by atoms with Crippen molar-refractivity contribution in [1.82, 2.24) is 25.0 Å². The smallest absolute Gasteiger partial charge is 0.147 e. The first-order valence-corrected chi connectivity index (χ1v) is 7.18. The minimum atomic E-state index is 0.413. The summed E-state index contributed by atoms with van der Waals surface area (Å²) in [6.07, 6.45) is 2.93. The molecule has 5 heteroatoms. The Hall–Kier alpha value is -1.72. The topological polar surface area (TPSA) is 46.0 Å². The minimum absolute atomic E-state index is 0.413. The van der Waals surface area contributed by atoms with Crippen LogP contribution in [-0.2, 0) is 13.1 Å². The van der Waals surface area contributed by atoms with Gasteiger partial charge < -0.3 is 9.88 Å². The van der Waals surface area contributed by atoms with Gasteiger partial charge in [0.05, 0.1) is 6.54 Å². The highest BCUT2D eigenvalue weighted by atomic mass is 15.3. The number of benzene rings is 1. The number of hydrogen-bond donors (Lipinski definition) is 1. The van der Waals surface area contributed by atoms with Crippen LogP contribution in [0, 0.1) is 0 Å². The molecule has 1 aromatic heterocycles. The quantitative estimate of drug-likeness (QED) is 0.894. The summed E-state index contributed by atoms with van der Waals surface area (Å²) >= 11 is 0. The standard InChI is InChI=1S/C15H21N5/c1-16-14(13-5-3-2-4-6-13)7-8-19-9-10-20-12-17-18-15(20)11-19/h2-6,12,14,16H,7-11H2,1H3. The van der Waals surface area contributed by atoms with Crippen LogP contribution in [0.25, 0.3) is 0 Å². The number of nitrogens with one attached hydrogen (secondary N) is 1. The molecule has 0 saturated carbocycles. The second-order valence-electron chi connectivity index (χ2n) is 5.26. The Morgan fingerprint density at radius 3 is 2.90 bits per heavy atom. The van der Waals surface area contributed by atoms with Gasteiger partial charge >= 0.3 is 0 Å². The lowest BCUT2D eigenvalue weighted by molar-refractivity contribution is 0.207. The number of hydrogen-bond acceptors (Lipinski definition) is 4. The number of nitrogens with zero attached hydrogens (tertiary/aromatic N) is 4. The van der Waals surface area contributed by atoms with Crippen LogP contribution in [0.3, 0.4) is 0 Å². The molecule has 0 amide bonds. The Morgan fingerprint density at radius 2 is 2.10 bits per heavy atom. The monoisotopic (exact) mass is 271 g/mol. The molecule has 1 aliphatic heterocycles. The average molecular weight is 271 g/mol. The highest BCUT2D eigenvalue weighted by Crippen LogP contribution is 2.18. The van der Waals surface area contributed by atoms with Crippen LogP contribution < -0.4 is 5.32 Å². The van der Waals surface area contributed by atoms with Gasteiger partial charge in [0, 0.05) is 25.7 Å². The fourth-order valence-electron chi connectivity index (χ4n) is 2.78. The van der Waals surface area contributed by atoms with Gasteiger partial charge in [-0.2, -0.15) is 0 Å². The van der Waals surface area contributed by atoms with Gasteiger partial charge in [0.1, 0.15) is 12.2 Å². The lowest BCUT2D eigenvalue weighted by atomic mass is 10.0. The van der Waals surface area contributed by atoms with Gasteiger partial charge in [0.15, 0.2) is 0 Å². The molecule has 1 aromatic carbocycles. The number of fused-ring (bicyclic) bond motifs is 1. The van der Waals surface area contributed by atoms with E-state index < -0.39 is 0 Å². The molecule has 0 fully saturated rings. The molecule has 3 rings (SSSR count). The predicted molar refractivity (Wildman–Crippen MR) is 78.2 cm³/mol. The second kappa shape index (κ2) is 6.15. The molecule has 0 radical (unpaired) electrons. The number of rotatable bonds is 5. The summed E-state index contributed by atoms with van der Waals surface area (Å²) < 4.78 is 2.14. The molecule has 0 saturated heterocycles. The Labute approximate surface area is 119 Å². The Balaban J connectivity index is 1.57. The van der Waals surface area contributed by atoms with Crippen LogP contribution in [0.15, 0.2) is 36.7 Å². The maximum atomic E-state index is 4.17. The van der Waals surface area contributed by atoms with Gasteiger partial charge in [-0.15, -0.1) is 10.2 Å². The van der Waals surface area contributed by atoms with E-state index in [0.717, 1.165) is 38.4 Å². The van der Waals surface area contributed by atoms with Gasteiger partial charge in [-0.05, 0) is 19.0 Å². The van der Waals surface area contributed by atoms with E-state index in [9.17, 15) is 0 Å². The Morgan fingerprint density at radius 1 is 1.25 bits per heavy atom. The van der Waals surface area contributed by atoms with Crippen molar-refractivity contribution in [2.75, 3.05) is 20.1 Å². The van der Waals surface area contributed by atoms with Crippen molar-refractivity contribution < 1.29 is 0 Å². The van der Waals surface area contributed by atoms with Crippen molar-refractivity contribution in [3.63, 3.8) is 0 Å². The summed E-state index contributed by atoms with van der Waals surface area (Å²) in [5, 5.41) is 11.6. The highest BCUT2D eigenvalue weighted by molar-refractivity contribution is 5.18. The molecule has 1 aliphatic rings. The van der Waals surface area contributed by atoms with Gasteiger partial charge in [-0.1, -0.05) is 30.3 Å². The largest absolute Gasteiger partial charge is 0.315 e. The van der Waals surface area contributed by atoms with Gasteiger partial charge in [-0.3, -0.25) is 4.90 Å². The van der Waals surface area contributed by atoms with E-state index >= 15 is 0 Å². The third-order valence-corrected chi connectivity index (χ3v) is 4.00. The summed E-state index contributed by atoms with van der Waals surface area (Å²) in [4.78, 5) is 2.46. The van der Waals surface area contributed by atoms with Crippen LogP contribution >= 0.6 is 0 Å². The van der Waals surface area contributed by atoms with Gasteiger partial charge in [-0.25, -0.2) is 0 Å². The first kappa shape index (κ1) is 13.3. The fourth-order valence-corrected chi connectivity index (χ4v) is 2.78. The van der Waals surface area contributed by atoms with Crippen molar-refractivity contribution >= 4 is 0 Å². The van der Waals surface area contributed by atoms with Gasteiger partial charge in [0.2, 0.25) is 0 Å². The zero-order chi connectivity index (χ0) is 13.8. The van der Waals surface area contributed by atoms with Gasteiger partial charge in [0.25, 0.3) is 0 Å². The molecule has 2 heterocycles. The van der Waals surface area contributed by atoms with E-state index in [0.29, 0.717) is 6.04 Å². The summed E-state index contributed by atoms with van der Waals surface area (Å²) in [5.41, 5.74) is 1.36. The van der Waals surface area contributed by atoms with Crippen molar-refractivity contribution in [2.45, 2.75) is 25.6 Å². The van der Waals surface area contributed by atoms with Crippen LogP contribution in [0.5, 0.6) is 0 Å². The molecule has 1 unspecified atom stereocenters. The molecule has 0 aliphatic carbocycles. The first-order valence-electron chi connectivity index (χ1n) is 7.18. The molecular weight excluding hydrogens is 250 g/mol. The summed E-state index contributed by atoms with van der Waals surface area (Å²) in [7, 11) is 2.03. The lowest BCUT2D eigenvalue weighted by Gasteiger charge is -2.28. The minimum Gasteiger partial charge on any atom is -0.315 e. The highest BCUT2D eigenvalue weighted by Gasteiger charge is 2.18. The zero-order valence-electron chi connectivity index (χ0n) is 11.9. The maximum Gasteiger partial charge on any atom is 0.147 e. The maximum absolute atomic E-state index is 4.17. The molecule has 1 N–H and O–H groups in total. The zero-order valence-corrected chi connectivity index (χ0v) is 11.9.